The van der Waals surface area contributed by atoms with Crippen LogP contribution >= 0.6 is 0 Å². The van der Waals surface area contributed by atoms with Crippen LogP contribution in [-0.2, 0) is 0 Å². The van der Waals surface area contributed by atoms with Gasteiger partial charge in [-0.2, -0.15) is 0 Å². The summed E-state index contributed by atoms with van der Waals surface area (Å²) in [6, 6.07) is 37.9. The maximum absolute atomic E-state index is 2.59. The number of anilines is 8. The van der Waals surface area contributed by atoms with Crippen LogP contribution < -0.4 is 29.4 Å². The van der Waals surface area contributed by atoms with Crippen molar-refractivity contribution in [3.05, 3.63) is 121 Å². The zero-order chi connectivity index (χ0) is 48.4. The molecule has 0 amide bonds. The summed E-state index contributed by atoms with van der Waals surface area (Å²) in [5.74, 6) is 0. The lowest BCUT2D eigenvalue weighted by molar-refractivity contribution is 0.678. The van der Waals surface area contributed by atoms with E-state index in [1.54, 1.807) is 0 Å². The van der Waals surface area contributed by atoms with Gasteiger partial charge >= 0.3 is 0 Å². The van der Waals surface area contributed by atoms with Crippen LogP contribution in [0.2, 0.25) is 0 Å². The first-order valence-corrected chi connectivity index (χ1v) is 27.8. The van der Waals surface area contributed by atoms with Gasteiger partial charge in [0.15, 0.2) is 0 Å². The van der Waals surface area contributed by atoms with E-state index in [0.717, 1.165) is 52.4 Å². The highest BCUT2D eigenvalue weighted by atomic mass is 15.2. The van der Waals surface area contributed by atoms with Gasteiger partial charge < -0.3 is 29.4 Å². The third-order valence-electron chi connectivity index (χ3n) is 13.8. The van der Waals surface area contributed by atoms with Gasteiger partial charge in [0, 0.05) is 97.9 Å². The Balaban J connectivity index is 1.53. The van der Waals surface area contributed by atoms with E-state index < -0.39 is 0 Å². The highest BCUT2D eigenvalue weighted by Gasteiger charge is 2.25. The maximum atomic E-state index is 2.59. The smallest absolute Gasteiger partial charge is 0.0708 e. The average molecular weight is 923 g/mol. The van der Waals surface area contributed by atoms with Crippen molar-refractivity contribution in [1.82, 2.24) is 0 Å². The lowest BCUT2D eigenvalue weighted by Gasteiger charge is -2.37. The average Bonchev–Trinajstić information content (AvgIpc) is 3.38. The Morgan fingerprint density at radius 1 is 0.235 bits per heavy atom. The van der Waals surface area contributed by atoms with Crippen molar-refractivity contribution in [1.29, 1.82) is 0 Å². The number of hydrogen-bond acceptors (Lipinski definition) is 6. The Bertz CT molecular complexity index is 1650. The van der Waals surface area contributed by atoms with Gasteiger partial charge in [-0.05, 0) is 148 Å². The van der Waals surface area contributed by atoms with Crippen molar-refractivity contribution in [2.75, 3.05) is 81.8 Å². The van der Waals surface area contributed by atoms with Gasteiger partial charge in [0.05, 0.1) is 12.1 Å². The predicted molar refractivity (Wildman–Crippen MR) is 304 cm³/mol. The summed E-state index contributed by atoms with van der Waals surface area (Å²) < 4.78 is 0. The Kier molecular flexibility index (Phi) is 24.4. The quantitative estimate of drug-likeness (QED) is 0.0432. The number of hydrogen-bond donors (Lipinski definition) is 0. The van der Waals surface area contributed by atoms with Crippen molar-refractivity contribution in [3.8, 4) is 0 Å². The standard InChI is InChI=1S/C62H94N6/c1-9-17-45-63(46-18-10-2)53-25-33-57(34-26-53)67(58-35-27-54(28-36-58)64(47-19-11-3)48-20-12-4)61-41-43-62(44-42-61)68(59-37-29-55(30-38-59)65(49-21-13-5)50-22-14-6)60-39-31-56(32-40-60)66(51-23-15-7)52-24-16-8/h25-44,61-62H,9-24,45-52H2,1-8H3. The van der Waals surface area contributed by atoms with Gasteiger partial charge in [-0.15, -0.1) is 0 Å². The van der Waals surface area contributed by atoms with Crippen molar-refractivity contribution >= 4 is 45.5 Å². The van der Waals surface area contributed by atoms with Crippen LogP contribution in [0.15, 0.2) is 121 Å². The third-order valence-corrected chi connectivity index (χ3v) is 13.8. The van der Waals surface area contributed by atoms with Crippen LogP contribution in [0, 0.1) is 0 Å². The van der Waals surface area contributed by atoms with E-state index in [1.165, 1.54) is 148 Å². The summed E-state index contributed by atoms with van der Waals surface area (Å²) in [4.78, 5) is 15.5. The summed E-state index contributed by atoms with van der Waals surface area (Å²) in [7, 11) is 0. The van der Waals surface area contributed by atoms with Gasteiger partial charge in [-0.25, -0.2) is 0 Å². The second kappa shape index (κ2) is 30.6. The summed E-state index contributed by atoms with van der Waals surface area (Å²) in [6.07, 6.45) is 29.2. The molecule has 372 valence electrons. The van der Waals surface area contributed by atoms with Gasteiger partial charge in [-0.3, -0.25) is 0 Å². The molecule has 0 spiro atoms. The zero-order valence-electron chi connectivity index (χ0n) is 44.4. The maximum Gasteiger partial charge on any atom is 0.0708 e. The Morgan fingerprint density at radius 2 is 0.382 bits per heavy atom. The molecule has 0 N–H and O–H groups in total. The normalized spacial score (nSPS) is 14.3. The predicted octanol–water partition coefficient (Wildman–Crippen LogP) is 17.2. The highest BCUT2D eigenvalue weighted by Crippen LogP contribution is 2.37. The Hall–Kier alpha value is -4.84. The van der Waals surface area contributed by atoms with Crippen molar-refractivity contribution in [2.24, 2.45) is 0 Å². The first-order chi connectivity index (χ1) is 33.4. The number of benzene rings is 4. The lowest BCUT2D eigenvalue weighted by atomic mass is 10.0. The van der Waals surface area contributed by atoms with Gasteiger partial charge in [0.25, 0.3) is 0 Å². The second-order valence-electron chi connectivity index (χ2n) is 19.3. The summed E-state index contributed by atoms with van der Waals surface area (Å²) in [5.41, 5.74) is 10.2. The molecule has 5 rings (SSSR count). The van der Waals surface area contributed by atoms with E-state index in [4.69, 9.17) is 0 Å². The molecule has 0 aromatic heterocycles. The van der Waals surface area contributed by atoms with Gasteiger partial charge in [0.1, 0.15) is 0 Å². The van der Waals surface area contributed by atoms with Crippen LogP contribution in [0.25, 0.3) is 0 Å². The van der Waals surface area contributed by atoms with E-state index >= 15 is 0 Å². The first-order valence-electron chi connectivity index (χ1n) is 27.8. The SMILES string of the molecule is CCCCN(CCCC)c1ccc(N(c2ccc(N(CCCC)CCCC)cc2)C2C=CC(N(c3ccc(N(CCCC)CCCC)cc3)c3ccc(N(CCCC)CCCC)cc3)C=C2)cc1. The van der Waals surface area contributed by atoms with Crippen LogP contribution in [-0.4, -0.2) is 64.4 Å². The number of unbranched alkanes of at least 4 members (excludes halogenated alkanes) is 8. The molecular formula is C62H94N6. The molecule has 1 aliphatic carbocycles. The van der Waals surface area contributed by atoms with Gasteiger partial charge in [-0.1, -0.05) is 131 Å². The lowest BCUT2D eigenvalue weighted by Crippen LogP contribution is -2.34. The minimum Gasteiger partial charge on any atom is -0.372 e. The molecule has 0 heterocycles. The molecule has 1 aliphatic rings. The first kappa shape index (κ1) is 54.1. The molecule has 0 atom stereocenters. The number of rotatable bonds is 34. The van der Waals surface area contributed by atoms with E-state index in [2.05, 4.69) is 206 Å². The summed E-state index contributed by atoms with van der Waals surface area (Å²) >= 11 is 0. The van der Waals surface area contributed by atoms with Crippen molar-refractivity contribution < 1.29 is 0 Å². The van der Waals surface area contributed by atoms with Crippen LogP contribution in [0.4, 0.5) is 45.5 Å². The molecule has 0 unspecified atom stereocenters. The van der Waals surface area contributed by atoms with Gasteiger partial charge in [0.2, 0.25) is 0 Å². The minimum atomic E-state index is 0.0542. The molecule has 0 radical (unpaired) electrons. The molecule has 6 nitrogen and oxygen atoms in total. The summed E-state index contributed by atoms with van der Waals surface area (Å²) in [6.45, 7) is 27.2. The molecular weight excluding hydrogens is 829 g/mol. The van der Waals surface area contributed by atoms with E-state index in [0.29, 0.717) is 0 Å². The molecule has 4 aromatic rings. The van der Waals surface area contributed by atoms with Crippen molar-refractivity contribution in [2.45, 2.75) is 170 Å². The molecule has 0 fully saturated rings. The Morgan fingerprint density at radius 3 is 0.529 bits per heavy atom. The minimum absolute atomic E-state index is 0.0542. The zero-order valence-corrected chi connectivity index (χ0v) is 44.4. The largest absolute Gasteiger partial charge is 0.372 e. The Labute approximate surface area is 417 Å². The molecule has 0 saturated carbocycles. The van der Waals surface area contributed by atoms with Crippen LogP contribution in [0.5, 0.6) is 0 Å². The fourth-order valence-corrected chi connectivity index (χ4v) is 9.48. The molecule has 0 saturated heterocycles. The third kappa shape index (κ3) is 16.1. The molecule has 6 heteroatoms. The summed E-state index contributed by atoms with van der Waals surface area (Å²) in [5, 5.41) is 0. The fraction of sp³-hybridized carbons (Fsp3) is 0.548. The van der Waals surface area contributed by atoms with Crippen molar-refractivity contribution in [3.63, 3.8) is 0 Å². The topological polar surface area (TPSA) is 19.4 Å². The van der Waals surface area contributed by atoms with E-state index in [1.807, 2.05) is 0 Å². The number of nitrogens with zero attached hydrogens (tertiary/aromatic N) is 6. The fourth-order valence-electron chi connectivity index (χ4n) is 9.48. The van der Waals surface area contributed by atoms with Crippen LogP contribution in [0.1, 0.15) is 158 Å². The monoisotopic (exact) mass is 923 g/mol. The second-order valence-corrected chi connectivity index (χ2v) is 19.3. The highest BCUT2D eigenvalue weighted by molar-refractivity contribution is 5.73. The van der Waals surface area contributed by atoms with Crippen LogP contribution in [0.3, 0.4) is 0 Å². The molecule has 68 heavy (non-hydrogen) atoms. The molecule has 0 aliphatic heterocycles. The van der Waals surface area contributed by atoms with E-state index in [-0.39, 0.29) is 12.1 Å². The molecule has 4 aromatic carbocycles. The van der Waals surface area contributed by atoms with E-state index in [9.17, 15) is 0 Å². The molecule has 0 bridgehead atoms.